The highest BCUT2D eigenvalue weighted by Gasteiger charge is 3.01. The molecule has 0 aromatic rings. The predicted molar refractivity (Wildman–Crippen MR) is 44.1 cm³/mol. The molecule has 0 aromatic heterocycles. The average Bonchev–Trinajstić information content (AvgIpc) is 2.75. The monoisotopic (exact) mass is 148 g/mol. The molecule has 4 saturated carbocycles. The zero-order valence-corrected chi connectivity index (χ0v) is 7.48. The summed E-state index contributed by atoms with van der Waals surface area (Å²) in [6.45, 7) is 4.94. The minimum atomic E-state index is 0.888. The molecule has 5 unspecified atom stereocenters. The molecule has 0 heteroatoms. The second kappa shape index (κ2) is 1.03. The Morgan fingerprint density at radius 1 is 1.36 bits per heavy atom. The van der Waals surface area contributed by atoms with Crippen LogP contribution in [0.25, 0.3) is 0 Å². The van der Waals surface area contributed by atoms with E-state index >= 15 is 0 Å². The van der Waals surface area contributed by atoms with Crippen LogP contribution in [0.15, 0.2) is 0 Å². The summed E-state index contributed by atoms with van der Waals surface area (Å²) in [6.07, 6.45) is 6.31. The lowest BCUT2D eigenvalue weighted by atomic mass is 9.46. The fourth-order valence-electron chi connectivity index (χ4n) is 5.58. The highest BCUT2D eigenvalue weighted by Crippen LogP contribution is 3.07. The van der Waals surface area contributed by atoms with E-state index in [4.69, 9.17) is 0 Å². The standard InChI is InChI=1S/C11H16/c1-3-7-4-10-6-9(10,2)8-5-11(7,8)10/h7-8H,3-6H2,1-2H3. The minimum absolute atomic E-state index is 0.888. The molecule has 60 valence electrons. The summed E-state index contributed by atoms with van der Waals surface area (Å²) in [5.41, 5.74) is 2.81. The summed E-state index contributed by atoms with van der Waals surface area (Å²) in [7, 11) is 0. The van der Waals surface area contributed by atoms with Crippen LogP contribution in [0.5, 0.6) is 0 Å². The average molecular weight is 148 g/mol. The summed E-state index contributed by atoms with van der Waals surface area (Å²) >= 11 is 0. The Balaban J connectivity index is 1.79. The van der Waals surface area contributed by atoms with Gasteiger partial charge in [0, 0.05) is 0 Å². The molecule has 0 nitrogen and oxygen atoms in total. The second-order valence-electron chi connectivity index (χ2n) is 5.78. The molecule has 4 aliphatic rings. The highest BCUT2D eigenvalue weighted by atomic mass is 15.0. The van der Waals surface area contributed by atoms with E-state index < -0.39 is 0 Å². The molecule has 5 atom stereocenters. The topological polar surface area (TPSA) is 0 Å². The van der Waals surface area contributed by atoms with E-state index in [2.05, 4.69) is 13.8 Å². The number of hydrogen-bond donors (Lipinski definition) is 0. The van der Waals surface area contributed by atoms with E-state index in [1.807, 2.05) is 0 Å². The van der Waals surface area contributed by atoms with Crippen LogP contribution < -0.4 is 0 Å². The van der Waals surface area contributed by atoms with Crippen molar-refractivity contribution >= 4 is 0 Å². The van der Waals surface area contributed by atoms with Gasteiger partial charge in [-0.15, -0.1) is 0 Å². The third-order valence-corrected chi connectivity index (χ3v) is 6.12. The van der Waals surface area contributed by atoms with Crippen molar-refractivity contribution in [1.82, 2.24) is 0 Å². The van der Waals surface area contributed by atoms with Gasteiger partial charge in [-0.05, 0) is 47.3 Å². The maximum Gasteiger partial charge on any atom is -0.0170 e. The van der Waals surface area contributed by atoms with Gasteiger partial charge in [0.1, 0.15) is 0 Å². The van der Waals surface area contributed by atoms with Crippen LogP contribution in [0, 0.1) is 28.1 Å². The molecule has 0 aromatic carbocycles. The molecule has 2 spiro atoms. The largest absolute Gasteiger partial charge is 0.0651 e. The molecule has 0 heterocycles. The minimum Gasteiger partial charge on any atom is -0.0651 e. The Hall–Kier alpha value is 0. The predicted octanol–water partition coefficient (Wildman–Crippen LogP) is 2.83. The van der Waals surface area contributed by atoms with E-state index in [9.17, 15) is 0 Å². The van der Waals surface area contributed by atoms with E-state index in [0.29, 0.717) is 0 Å². The summed E-state index contributed by atoms with van der Waals surface area (Å²) in [4.78, 5) is 0. The van der Waals surface area contributed by atoms with Gasteiger partial charge in [0.15, 0.2) is 0 Å². The van der Waals surface area contributed by atoms with Gasteiger partial charge in [-0.3, -0.25) is 0 Å². The molecule has 0 aliphatic heterocycles. The van der Waals surface area contributed by atoms with Gasteiger partial charge >= 0.3 is 0 Å². The molecule has 0 N–H and O–H groups in total. The molecular weight excluding hydrogens is 132 g/mol. The van der Waals surface area contributed by atoms with Crippen molar-refractivity contribution < 1.29 is 0 Å². The van der Waals surface area contributed by atoms with Crippen molar-refractivity contribution in [3.05, 3.63) is 0 Å². The Morgan fingerprint density at radius 2 is 2.18 bits per heavy atom. The first kappa shape index (κ1) is 5.61. The molecule has 4 rings (SSSR count). The lowest BCUT2D eigenvalue weighted by Crippen LogP contribution is -2.52. The zero-order valence-electron chi connectivity index (χ0n) is 7.48. The number of hydrogen-bond acceptors (Lipinski definition) is 0. The first-order valence-electron chi connectivity index (χ1n) is 5.21. The first-order valence-corrected chi connectivity index (χ1v) is 5.21. The smallest absolute Gasteiger partial charge is 0.0170 e. The van der Waals surface area contributed by atoms with E-state index in [0.717, 1.165) is 22.2 Å². The first-order chi connectivity index (χ1) is 5.21. The molecule has 11 heavy (non-hydrogen) atoms. The maximum absolute atomic E-state index is 2.55. The quantitative estimate of drug-likeness (QED) is 0.536. The Morgan fingerprint density at radius 3 is 2.64 bits per heavy atom. The van der Waals surface area contributed by atoms with Crippen LogP contribution in [-0.4, -0.2) is 0 Å². The van der Waals surface area contributed by atoms with Crippen molar-refractivity contribution in [2.24, 2.45) is 28.1 Å². The molecule has 0 bridgehead atoms. The fraction of sp³-hybridized carbons (Fsp3) is 1.00. The van der Waals surface area contributed by atoms with Gasteiger partial charge < -0.3 is 0 Å². The second-order valence-corrected chi connectivity index (χ2v) is 5.78. The Labute approximate surface area is 68.4 Å². The molecule has 4 fully saturated rings. The maximum atomic E-state index is 2.55. The molecular formula is C11H16. The summed E-state index contributed by atoms with van der Waals surface area (Å²) in [5, 5.41) is 0. The van der Waals surface area contributed by atoms with Gasteiger partial charge in [-0.2, -0.15) is 0 Å². The normalized spacial score (nSPS) is 80.2. The Bertz CT molecular complexity index is 265. The lowest BCUT2D eigenvalue weighted by molar-refractivity contribution is -0.103. The Kier molecular flexibility index (Phi) is 0.527. The molecule has 4 aliphatic carbocycles. The van der Waals surface area contributed by atoms with Gasteiger partial charge in [-0.1, -0.05) is 20.3 Å². The lowest BCUT2D eigenvalue weighted by Gasteiger charge is -2.58. The van der Waals surface area contributed by atoms with E-state index in [1.165, 1.54) is 12.3 Å². The van der Waals surface area contributed by atoms with Crippen molar-refractivity contribution in [2.45, 2.75) is 39.5 Å². The number of fused-ring (bicyclic) bond motifs is 1. The molecule has 0 radical (unpaired) electrons. The van der Waals surface area contributed by atoms with Crippen molar-refractivity contribution in [1.29, 1.82) is 0 Å². The van der Waals surface area contributed by atoms with Crippen LogP contribution >= 0.6 is 0 Å². The van der Waals surface area contributed by atoms with Crippen LogP contribution in [0.1, 0.15) is 39.5 Å². The fourth-order valence-corrected chi connectivity index (χ4v) is 5.58. The highest BCUT2D eigenvalue weighted by molar-refractivity contribution is 5.49. The van der Waals surface area contributed by atoms with Crippen LogP contribution in [0.2, 0.25) is 0 Å². The number of rotatable bonds is 1. The van der Waals surface area contributed by atoms with Gasteiger partial charge in [0.25, 0.3) is 0 Å². The zero-order chi connectivity index (χ0) is 7.48. The van der Waals surface area contributed by atoms with Crippen molar-refractivity contribution in [2.75, 3.05) is 0 Å². The van der Waals surface area contributed by atoms with Gasteiger partial charge in [0.2, 0.25) is 0 Å². The van der Waals surface area contributed by atoms with Crippen LogP contribution in [-0.2, 0) is 0 Å². The third-order valence-electron chi connectivity index (χ3n) is 6.12. The summed E-state index contributed by atoms with van der Waals surface area (Å²) in [5.74, 6) is 2.36. The van der Waals surface area contributed by atoms with E-state index in [1.54, 1.807) is 19.3 Å². The molecule has 0 amide bonds. The van der Waals surface area contributed by atoms with Crippen molar-refractivity contribution in [3.8, 4) is 0 Å². The summed E-state index contributed by atoms with van der Waals surface area (Å²) in [6, 6.07) is 0. The van der Waals surface area contributed by atoms with E-state index in [-0.39, 0.29) is 0 Å². The summed E-state index contributed by atoms with van der Waals surface area (Å²) < 4.78 is 0. The van der Waals surface area contributed by atoms with Gasteiger partial charge in [0.05, 0.1) is 0 Å². The van der Waals surface area contributed by atoms with Gasteiger partial charge in [-0.25, -0.2) is 0 Å². The van der Waals surface area contributed by atoms with Crippen molar-refractivity contribution in [3.63, 3.8) is 0 Å². The molecule has 0 saturated heterocycles. The third kappa shape index (κ3) is 0.256. The van der Waals surface area contributed by atoms with Crippen LogP contribution in [0.4, 0.5) is 0 Å². The van der Waals surface area contributed by atoms with Crippen LogP contribution in [0.3, 0.4) is 0 Å². The SMILES string of the molecule is CCC1CC23CC2(C)C2CC123.